The Bertz CT molecular complexity index is 213. The van der Waals surface area contributed by atoms with Gasteiger partial charge in [-0.3, -0.25) is 4.79 Å². The van der Waals surface area contributed by atoms with Gasteiger partial charge < -0.3 is 15.3 Å². The third-order valence-electron chi connectivity index (χ3n) is 3.32. The summed E-state index contributed by atoms with van der Waals surface area (Å²) in [5.74, 6) is 0.180. The van der Waals surface area contributed by atoms with Crippen molar-refractivity contribution >= 4 is 5.91 Å². The summed E-state index contributed by atoms with van der Waals surface area (Å²) < 4.78 is 0. The van der Waals surface area contributed by atoms with E-state index < -0.39 is 0 Å². The van der Waals surface area contributed by atoms with Crippen LogP contribution in [0.3, 0.4) is 0 Å². The van der Waals surface area contributed by atoms with E-state index in [0.717, 1.165) is 45.3 Å². The Balaban J connectivity index is 2.10. The maximum atomic E-state index is 11.1. The summed E-state index contributed by atoms with van der Waals surface area (Å²) in [6.45, 7) is 6.23. The standard InChI is InChI=1S/C12H24N2O2/c1-3-12(16)4-7-13-11-5-8-14(9-6-11)10(2)15/h11-13,16H,3-9H2,1-2H3. The molecule has 0 aliphatic carbocycles. The quantitative estimate of drug-likeness (QED) is 0.730. The summed E-state index contributed by atoms with van der Waals surface area (Å²) in [5, 5.41) is 12.9. The van der Waals surface area contributed by atoms with Gasteiger partial charge >= 0.3 is 0 Å². The Morgan fingerprint density at radius 2 is 2.12 bits per heavy atom. The molecule has 2 N–H and O–H groups in total. The molecule has 1 atom stereocenters. The molecular weight excluding hydrogens is 204 g/mol. The smallest absolute Gasteiger partial charge is 0.219 e. The summed E-state index contributed by atoms with van der Waals surface area (Å²) in [4.78, 5) is 13.0. The molecule has 0 aromatic rings. The lowest BCUT2D eigenvalue weighted by atomic mass is 10.0. The van der Waals surface area contributed by atoms with E-state index in [1.165, 1.54) is 0 Å². The fourth-order valence-electron chi connectivity index (χ4n) is 2.06. The van der Waals surface area contributed by atoms with Gasteiger partial charge in [0.25, 0.3) is 0 Å². The van der Waals surface area contributed by atoms with Crippen molar-refractivity contribution < 1.29 is 9.90 Å². The van der Waals surface area contributed by atoms with Gasteiger partial charge in [0.05, 0.1) is 6.10 Å². The normalized spacial score (nSPS) is 19.8. The van der Waals surface area contributed by atoms with Crippen LogP contribution in [0.25, 0.3) is 0 Å². The van der Waals surface area contributed by atoms with Crippen LogP contribution < -0.4 is 5.32 Å². The van der Waals surface area contributed by atoms with Gasteiger partial charge in [-0.25, -0.2) is 0 Å². The van der Waals surface area contributed by atoms with Crippen LogP contribution in [0.5, 0.6) is 0 Å². The van der Waals surface area contributed by atoms with Crippen molar-refractivity contribution in [2.45, 2.75) is 51.7 Å². The lowest BCUT2D eigenvalue weighted by Crippen LogP contribution is -2.44. The molecule has 1 aliphatic rings. The topological polar surface area (TPSA) is 52.6 Å². The molecule has 0 saturated carbocycles. The van der Waals surface area contributed by atoms with E-state index in [2.05, 4.69) is 5.32 Å². The second-order valence-electron chi connectivity index (χ2n) is 4.59. The summed E-state index contributed by atoms with van der Waals surface area (Å²) in [5.41, 5.74) is 0. The van der Waals surface area contributed by atoms with Gasteiger partial charge in [-0.15, -0.1) is 0 Å². The Morgan fingerprint density at radius 1 is 1.50 bits per heavy atom. The van der Waals surface area contributed by atoms with Crippen molar-refractivity contribution in [3.05, 3.63) is 0 Å². The zero-order chi connectivity index (χ0) is 12.0. The third kappa shape index (κ3) is 4.49. The van der Waals surface area contributed by atoms with Crippen molar-refractivity contribution in [3.63, 3.8) is 0 Å². The monoisotopic (exact) mass is 228 g/mol. The summed E-state index contributed by atoms with van der Waals surface area (Å²) >= 11 is 0. The molecule has 16 heavy (non-hydrogen) atoms. The van der Waals surface area contributed by atoms with E-state index in [-0.39, 0.29) is 12.0 Å². The summed E-state index contributed by atoms with van der Waals surface area (Å²) in [6, 6.07) is 0.514. The van der Waals surface area contributed by atoms with Crippen LogP contribution in [0, 0.1) is 0 Å². The highest BCUT2D eigenvalue weighted by Gasteiger charge is 2.19. The molecule has 0 aromatic carbocycles. The molecule has 0 bridgehead atoms. The van der Waals surface area contributed by atoms with E-state index >= 15 is 0 Å². The van der Waals surface area contributed by atoms with E-state index in [9.17, 15) is 9.90 Å². The average molecular weight is 228 g/mol. The van der Waals surface area contributed by atoms with Crippen LogP contribution in [-0.4, -0.2) is 47.7 Å². The lowest BCUT2D eigenvalue weighted by molar-refractivity contribution is -0.129. The molecule has 0 spiro atoms. The van der Waals surface area contributed by atoms with Gasteiger partial charge in [0, 0.05) is 26.1 Å². The molecule has 1 fully saturated rings. The minimum Gasteiger partial charge on any atom is -0.393 e. The lowest BCUT2D eigenvalue weighted by Gasteiger charge is -2.32. The van der Waals surface area contributed by atoms with Crippen LogP contribution >= 0.6 is 0 Å². The number of nitrogens with zero attached hydrogens (tertiary/aromatic N) is 1. The predicted molar refractivity (Wildman–Crippen MR) is 64.2 cm³/mol. The first kappa shape index (κ1) is 13.5. The number of carbonyl (C=O) groups is 1. The van der Waals surface area contributed by atoms with Crippen molar-refractivity contribution in [3.8, 4) is 0 Å². The highest BCUT2D eigenvalue weighted by molar-refractivity contribution is 5.73. The molecule has 94 valence electrons. The van der Waals surface area contributed by atoms with Crippen LogP contribution in [-0.2, 0) is 4.79 Å². The van der Waals surface area contributed by atoms with Gasteiger partial charge in [0.1, 0.15) is 0 Å². The molecule has 1 saturated heterocycles. The van der Waals surface area contributed by atoms with Gasteiger partial charge in [-0.2, -0.15) is 0 Å². The number of likely N-dealkylation sites (tertiary alicyclic amines) is 1. The molecule has 1 rings (SSSR count). The number of carbonyl (C=O) groups excluding carboxylic acids is 1. The van der Waals surface area contributed by atoms with E-state index in [1.54, 1.807) is 6.92 Å². The molecule has 0 radical (unpaired) electrons. The van der Waals surface area contributed by atoms with Crippen LogP contribution in [0.1, 0.15) is 39.5 Å². The largest absolute Gasteiger partial charge is 0.393 e. The number of rotatable bonds is 5. The Hall–Kier alpha value is -0.610. The molecule has 1 aliphatic heterocycles. The molecular formula is C12H24N2O2. The van der Waals surface area contributed by atoms with Crippen molar-refractivity contribution in [1.29, 1.82) is 0 Å². The first-order valence-corrected chi connectivity index (χ1v) is 6.30. The number of aliphatic hydroxyl groups is 1. The molecule has 1 amide bonds. The number of hydrogen-bond donors (Lipinski definition) is 2. The minimum absolute atomic E-state index is 0.176. The van der Waals surface area contributed by atoms with Crippen molar-refractivity contribution in [2.75, 3.05) is 19.6 Å². The van der Waals surface area contributed by atoms with Gasteiger partial charge in [0.2, 0.25) is 5.91 Å². The molecule has 1 heterocycles. The summed E-state index contributed by atoms with van der Waals surface area (Å²) in [7, 11) is 0. The number of hydrogen-bond acceptors (Lipinski definition) is 3. The zero-order valence-electron chi connectivity index (χ0n) is 10.4. The predicted octanol–water partition coefficient (Wildman–Crippen LogP) is 0.748. The first-order chi connectivity index (χ1) is 7.63. The van der Waals surface area contributed by atoms with Crippen molar-refractivity contribution in [1.82, 2.24) is 10.2 Å². The van der Waals surface area contributed by atoms with E-state index in [4.69, 9.17) is 0 Å². The van der Waals surface area contributed by atoms with Crippen LogP contribution in [0.2, 0.25) is 0 Å². The second kappa shape index (κ2) is 6.86. The van der Waals surface area contributed by atoms with Gasteiger partial charge in [-0.05, 0) is 32.2 Å². The Labute approximate surface area is 98.0 Å². The summed E-state index contributed by atoms with van der Waals surface area (Å²) in [6.07, 6.45) is 3.53. The average Bonchev–Trinajstić information content (AvgIpc) is 2.29. The number of piperidine rings is 1. The zero-order valence-corrected chi connectivity index (χ0v) is 10.4. The Kier molecular flexibility index (Phi) is 5.77. The molecule has 4 nitrogen and oxygen atoms in total. The van der Waals surface area contributed by atoms with Crippen molar-refractivity contribution in [2.24, 2.45) is 0 Å². The number of nitrogens with one attached hydrogen (secondary N) is 1. The highest BCUT2D eigenvalue weighted by Crippen LogP contribution is 2.10. The minimum atomic E-state index is -0.176. The van der Waals surface area contributed by atoms with Crippen LogP contribution in [0.15, 0.2) is 0 Å². The molecule has 0 aromatic heterocycles. The SMILES string of the molecule is CCC(O)CCNC1CCN(C(C)=O)CC1. The molecule has 1 unspecified atom stereocenters. The number of amides is 1. The van der Waals surface area contributed by atoms with Gasteiger partial charge in [0.15, 0.2) is 0 Å². The maximum Gasteiger partial charge on any atom is 0.219 e. The maximum absolute atomic E-state index is 11.1. The fourth-order valence-corrected chi connectivity index (χ4v) is 2.06. The third-order valence-corrected chi connectivity index (χ3v) is 3.32. The first-order valence-electron chi connectivity index (χ1n) is 6.30. The Morgan fingerprint density at radius 3 is 2.62 bits per heavy atom. The second-order valence-corrected chi connectivity index (χ2v) is 4.59. The molecule has 4 heteroatoms. The number of aliphatic hydroxyl groups excluding tert-OH is 1. The van der Waals surface area contributed by atoms with E-state index in [0.29, 0.717) is 6.04 Å². The van der Waals surface area contributed by atoms with Gasteiger partial charge in [-0.1, -0.05) is 6.92 Å². The fraction of sp³-hybridized carbons (Fsp3) is 0.917. The van der Waals surface area contributed by atoms with Crippen LogP contribution in [0.4, 0.5) is 0 Å². The highest BCUT2D eigenvalue weighted by atomic mass is 16.3. The van der Waals surface area contributed by atoms with E-state index in [1.807, 2.05) is 11.8 Å².